The maximum atomic E-state index is 12.4. The van der Waals surface area contributed by atoms with Gasteiger partial charge in [0.15, 0.2) is 4.80 Å². The van der Waals surface area contributed by atoms with E-state index in [4.69, 9.17) is 4.74 Å². The lowest BCUT2D eigenvalue weighted by molar-refractivity contribution is -0.130. The van der Waals surface area contributed by atoms with Gasteiger partial charge in [0, 0.05) is 26.7 Å². The normalized spacial score (nSPS) is 18.0. The number of thioether (sulfide) groups is 1. The van der Waals surface area contributed by atoms with Crippen molar-refractivity contribution in [2.45, 2.75) is 26.3 Å². The summed E-state index contributed by atoms with van der Waals surface area (Å²) in [6.45, 7) is 5.05. The van der Waals surface area contributed by atoms with Crippen LogP contribution in [0, 0.1) is 5.92 Å². The lowest BCUT2D eigenvalue weighted by atomic mass is 10.0. The van der Waals surface area contributed by atoms with Crippen LogP contribution in [-0.4, -0.2) is 59.6 Å². The van der Waals surface area contributed by atoms with E-state index in [0.717, 1.165) is 29.7 Å². The molecule has 0 bridgehead atoms. The van der Waals surface area contributed by atoms with E-state index in [2.05, 4.69) is 11.9 Å². The van der Waals surface area contributed by atoms with E-state index in [9.17, 15) is 9.59 Å². The number of likely N-dealkylation sites (tertiary alicyclic amines) is 1. The number of ether oxygens (including phenoxy) is 1. The topological polar surface area (TPSA) is 63.9 Å². The molecule has 1 atom stereocenters. The van der Waals surface area contributed by atoms with Crippen LogP contribution in [0.5, 0.6) is 0 Å². The lowest BCUT2D eigenvalue weighted by Gasteiger charge is -2.30. The summed E-state index contributed by atoms with van der Waals surface area (Å²) in [7, 11) is 1.66. The molecule has 0 N–H and O–H groups in total. The second-order valence-electron chi connectivity index (χ2n) is 7.08. The zero-order chi connectivity index (χ0) is 19.9. The second-order valence-corrected chi connectivity index (χ2v) is 9.08. The Kier molecular flexibility index (Phi) is 7.70. The number of para-hydroxylation sites is 1. The first-order valence-corrected chi connectivity index (χ1v) is 11.6. The van der Waals surface area contributed by atoms with Gasteiger partial charge in [-0.15, -0.1) is 11.8 Å². The summed E-state index contributed by atoms with van der Waals surface area (Å²) in [6.07, 6.45) is 2.26. The summed E-state index contributed by atoms with van der Waals surface area (Å²) in [5.41, 5.74) is 1.05. The number of piperidine rings is 1. The fourth-order valence-corrected chi connectivity index (χ4v) is 5.15. The Bertz CT molecular complexity index is 890. The molecule has 6 nitrogen and oxygen atoms in total. The van der Waals surface area contributed by atoms with Crippen LogP contribution in [0.2, 0.25) is 0 Å². The molecule has 2 aromatic rings. The van der Waals surface area contributed by atoms with E-state index in [0.29, 0.717) is 29.6 Å². The van der Waals surface area contributed by atoms with Gasteiger partial charge in [0.1, 0.15) is 0 Å². The van der Waals surface area contributed by atoms with Crippen molar-refractivity contribution in [3.8, 4) is 0 Å². The molecule has 1 fully saturated rings. The van der Waals surface area contributed by atoms with E-state index >= 15 is 0 Å². The molecular weight excluding hydrogens is 394 g/mol. The Morgan fingerprint density at radius 1 is 1.32 bits per heavy atom. The first kappa shape index (κ1) is 21.1. The molecule has 1 unspecified atom stereocenters. The Balaban J connectivity index is 1.62. The predicted molar refractivity (Wildman–Crippen MR) is 115 cm³/mol. The highest BCUT2D eigenvalue weighted by atomic mass is 32.2. The van der Waals surface area contributed by atoms with Gasteiger partial charge in [0.2, 0.25) is 5.91 Å². The SMILES string of the molecule is COCCn1c(=NC(=O)CSCC(=O)N2CCCC(C)C2)sc2ccccc21. The van der Waals surface area contributed by atoms with Crippen LogP contribution in [0.3, 0.4) is 0 Å². The third-order valence-corrected chi connectivity index (χ3v) is 6.75. The number of benzene rings is 1. The quantitative estimate of drug-likeness (QED) is 0.690. The van der Waals surface area contributed by atoms with Gasteiger partial charge in [-0.1, -0.05) is 30.4 Å². The average Bonchev–Trinajstić information content (AvgIpc) is 3.03. The first-order valence-electron chi connectivity index (χ1n) is 9.59. The molecular formula is C20H27N3O3S2. The van der Waals surface area contributed by atoms with Crippen molar-refractivity contribution in [3.05, 3.63) is 29.1 Å². The highest BCUT2D eigenvalue weighted by Gasteiger charge is 2.20. The molecule has 2 amide bonds. The molecule has 1 saturated heterocycles. The Hall–Kier alpha value is -1.64. The molecule has 8 heteroatoms. The summed E-state index contributed by atoms with van der Waals surface area (Å²) in [5.74, 6) is 1.04. The van der Waals surface area contributed by atoms with Crippen molar-refractivity contribution in [2.75, 3.05) is 38.3 Å². The molecule has 0 aliphatic carbocycles. The first-order chi connectivity index (χ1) is 13.6. The predicted octanol–water partition coefficient (Wildman–Crippen LogP) is 2.77. The number of amides is 2. The van der Waals surface area contributed by atoms with E-state index in [1.54, 1.807) is 7.11 Å². The van der Waals surface area contributed by atoms with Gasteiger partial charge in [0.25, 0.3) is 5.91 Å². The van der Waals surface area contributed by atoms with Gasteiger partial charge in [-0.3, -0.25) is 9.59 Å². The minimum absolute atomic E-state index is 0.126. The highest BCUT2D eigenvalue weighted by Crippen LogP contribution is 2.18. The number of methoxy groups -OCH3 is 1. The number of thiazole rings is 1. The van der Waals surface area contributed by atoms with Crippen LogP contribution in [0.15, 0.2) is 29.3 Å². The van der Waals surface area contributed by atoms with Crippen LogP contribution >= 0.6 is 23.1 Å². The van der Waals surface area contributed by atoms with E-state index in [1.165, 1.54) is 29.5 Å². The maximum Gasteiger partial charge on any atom is 0.258 e. The maximum absolute atomic E-state index is 12.4. The van der Waals surface area contributed by atoms with Crippen LogP contribution in [0.4, 0.5) is 0 Å². The molecule has 1 aromatic heterocycles. The third kappa shape index (κ3) is 5.46. The number of aromatic nitrogens is 1. The fraction of sp³-hybridized carbons (Fsp3) is 0.550. The Labute approximate surface area is 173 Å². The molecule has 0 spiro atoms. The Morgan fingerprint density at radius 3 is 2.93 bits per heavy atom. The third-order valence-electron chi connectivity index (χ3n) is 4.79. The minimum atomic E-state index is -0.206. The zero-order valence-electron chi connectivity index (χ0n) is 16.4. The Morgan fingerprint density at radius 2 is 2.14 bits per heavy atom. The molecule has 2 heterocycles. The number of rotatable bonds is 7. The largest absolute Gasteiger partial charge is 0.383 e. The van der Waals surface area contributed by atoms with Crippen molar-refractivity contribution in [3.63, 3.8) is 0 Å². The lowest BCUT2D eigenvalue weighted by Crippen LogP contribution is -2.40. The van der Waals surface area contributed by atoms with Crippen molar-refractivity contribution in [1.29, 1.82) is 0 Å². The average molecular weight is 422 g/mol. The number of nitrogens with zero attached hydrogens (tertiary/aromatic N) is 3. The molecule has 1 aliphatic heterocycles. The number of hydrogen-bond donors (Lipinski definition) is 0. The summed E-state index contributed by atoms with van der Waals surface area (Å²) >= 11 is 2.85. The summed E-state index contributed by atoms with van der Waals surface area (Å²) in [5, 5.41) is 0. The number of carbonyl (C=O) groups excluding carboxylic acids is 2. The van der Waals surface area contributed by atoms with Crippen LogP contribution < -0.4 is 4.80 Å². The molecule has 0 saturated carbocycles. The molecule has 152 valence electrons. The summed E-state index contributed by atoms with van der Waals surface area (Å²) in [4.78, 5) is 31.6. The van der Waals surface area contributed by atoms with Gasteiger partial charge in [-0.2, -0.15) is 4.99 Å². The van der Waals surface area contributed by atoms with E-state index in [-0.39, 0.29) is 17.6 Å². The number of fused-ring (bicyclic) bond motifs is 1. The van der Waals surface area contributed by atoms with Gasteiger partial charge in [-0.25, -0.2) is 0 Å². The molecule has 28 heavy (non-hydrogen) atoms. The zero-order valence-corrected chi connectivity index (χ0v) is 18.1. The van der Waals surface area contributed by atoms with E-state index in [1.807, 2.05) is 33.7 Å². The van der Waals surface area contributed by atoms with Gasteiger partial charge < -0.3 is 14.2 Å². The monoisotopic (exact) mass is 421 g/mol. The van der Waals surface area contributed by atoms with Crippen LogP contribution in [0.25, 0.3) is 10.2 Å². The highest BCUT2D eigenvalue weighted by molar-refractivity contribution is 8.00. The van der Waals surface area contributed by atoms with E-state index < -0.39 is 0 Å². The van der Waals surface area contributed by atoms with Gasteiger partial charge >= 0.3 is 0 Å². The standard InChI is InChI=1S/C20H27N3O3S2/c1-15-6-5-9-22(12-15)19(25)14-27-13-18(24)21-20-23(10-11-26-2)16-7-3-4-8-17(16)28-20/h3-4,7-8,15H,5-6,9-14H2,1-2H3. The van der Waals surface area contributed by atoms with Crippen molar-refractivity contribution < 1.29 is 14.3 Å². The molecule has 3 rings (SSSR count). The minimum Gasteiger partial charge on any atom is -0.383 e. The molecule has 1 aromatic carbocycles. The number of hydrogen-bond acceptors (Lipinski definition) is 5. The molecule has 1 aliphatic rings. The summed E-state index contributed by atoms with van der Waals surface area (Å²) in [6, 6.07) is 8.01. The fourth-order valence-electron chi connectivity index (χ4n) is 3.38. The second kappa shape index (κ2) is 10.2. The van der Waals surface area contributed by atoms with Crippen LogP contribution in [0.1, 0.15) is 19.8 Å². The van der Waals surface area contributed by atoms with Crippen molar-refractivity contribution in [1.82, 2.24) is 9.47 Å². The van der Waals surface area contributed by atoms with Crippen LogP contribution in [-0.2, 0) is 20.9 Å². The van der Waals surface area contributed by atoms with Crippen molar-refractivity contribution >= 4 is 45.1 Å². The van der Waals surface area contributed by atoms with Crippen molar-refractivity contribution in [2.24, 2.45) is 10.9 Å². The van der Waals surface area contributed by atoms with Gasteiger partial charge in [-0.05, 0) is 30.9 Å². The van der Waals surface area contributed by atoms with Gasteiger partial charge in [0.05, 0.1) is 28.3 Å². The number of carbonyl (C=O) groups is 2. The summed E-state index contributed by atoms with van der Waals surface area (Å²) < 4.78 is 8.30. The molecule has 0 radical (unpaired) electrons. The smallest absolute Gasteiger partial charge is 0.258 e.